The predicted octanol–water partition coefficient (Wildman–Crippen LogP) is 2.64. The zero-order chi connectivity index (χ0) is 20.0. The van der Waals surface area contributed by atoms with Gasteiger partial charge in [-0.3, -0.25) is 4.79 Å². The highest BCUT2D eigenvalue weighted by molar-refractivity contribution is 14.0. The number of carbonyl (C=O) groups excluding carboxylic acids is 1. The standard InChI is InChI=1S/C21H40N4O3.HI/c1-25(2)20(26)16-24-21(23-15-18-7-4-3-5-8-18)22-11-6-12-28-17-19-9-13-27-14-10-19;/h18-19H,3-17H2,1-2H3,(H2,22,23,24);1H. The van der Waals surface area contributed by atoms with Crippen molar-refractivity contribution in [3.05, 3.63) is 0 Å². The van der Waals surface area contributed by atoms with E-state index < -0.39 is 0 Å². The molecular weight excluding hydrogens is 483 g/mol. The number of halogens is 1. The summed E-state index contributed by atoms with van der Waals surface area (Å²) >= 11 is 0. The fourth-order valence-corrected chi connectivity index (χ4v) is 3.64. The molecule has 1 aliphatic heterocycles. The number of hydrogen-bond acceptors (Lipinski definition) is 4. The topological polar surface area (TPSA) is 75.2 Å². The van der Waals surface area contributed by atoms with Crippen LogP contribution in [0.1, 0.15) is 51.4 Å². The SMILES string of the molecule is CN(C)C(=O)CN=C(NCCCOCC1CCOCC1)NCC1CCCCC1.I. The molecule has 2 fully saturated rings. The fraction of sp³-hybridized carbons (Fsp3) is 0.905. The van der Waals surface area contributed by atoms with Crippen LogP contribution >= 0.6 is 24.0 Å². The van der Waals surface area contributed by atoms with E-state index in [4.69, 9.17) is 9.47 Å². The Kier molecular flexibility index (Phi) is 14.7. The Labute approximate surface area is 193 Å². The van der Waals surface area contributed by atoms with E-state index in [1.807, 2.05) is 0 Å². The van der Waals surface area contributed by atoms with Gasteiger partial charge >= 0.3 is 0 Å². The number of nitrogens with zero attached hydrogens (tertiary/aromatic N) is 2. The molecule has 1 saturated heterocycles. The van der Waals surface area contributed by atoms with Crippen molar-refractivity contribution in [2.24, 2.45) is 16.8 Å². The van der Waals surface area contributed by atoms with Gasteiger partial charge in [0.1, 0.15) is 6.54 Å². The van der Waals surface area contributed by atoms with Crippen LogP contribution in [0.4, 0.5) is 0 Å². The van der Waals surface area contributed by atoms with E-state index in [0.717, 1.165) is 64.7 Å². The van der Waals surface area contributed by atoms with E-state index in [-0.39, 0.29) is 36.4 Å². The van der Waals surface area contributed by atoms with Crippen LogP contribution in [-0.2, 0) is 14.3 Å². The summed E-state index contributed by atoms with van der Waals surface area (Å²) in [6.07, 6.45) is 9.75. The lowest BCUT2D eigenvalue weighted by molar-refractivity contribution is -0.127. The summed E-state index contributed by atoms with van der Waals surface area (Å²) in [6, 6.07) is 0. The number of rotatable bonds is 10. The number of aliphatic imine (C=N–C) groups is 1. The maximum absolute atomic E-state index is 11.9. The van der Waals surface area contributed by atoms with Crippen LogP contribution in [0.25, 0.3) is 0 Å². The minimum atomic E-state index is 0. The Morgan fingerprint density at radius 1 is 1.07 bits per heavy atom. The third-order valence-corrected chi connectivity index (χ3v) is 5.61. The summed E-state index contributed by atoms with van der Waals surface area (Å²) in [4.78, 5) is 17.9. The van der Waals surface area contributed by atoms with Gasteiger partial charge in [-0.25, -0.2) is 4.99 Å². The zero-order valence-corrected chi connectivity index (χ0v) is 20.6. The average molecular weight is 524 g/mol. The largest absolute Gasteiger partial charge is 0.381 e. The summed E-state index contributed by atoms with van der Waals surface area (Å²) < 4.78 is 11.2. The van der Waals surface area contributed by atoms with Crippen molar-refractivity contribution in [1.82, 2.24) is 15.5 Å². The van der Waals surface area contributed by atoms with E-state index in [0.29, 0.717) is 11.8 Å². The number of carbonyl (C=O) groups is 1. The number of nitrogens with one attached hydrogen (secondary N) is 2. The average Bonchev–Trinajstić information content (AvgIpc) is 2.73. The Morgan fingerprint density at radius 2 is 1.79 bits per heavy atom. The van der Waals surface area contributed by atoms with Gasteiger partial charge in [-0.1, -0.05) is 19.3 Å². The molecule has 0 unspecified atom stereocenters. The lowest BCUT2D eigenvalue weighted by Crippen LogP contribution is -2.41. The molecule has 7 nitrogen and oxygen atoms in total. The Hall–Kier alpha value is -0.610. The monoisotopic (exact) mass is 524 g/mol. The van der Waals surface area contributed by atoms with Crippen LogP contribution in [0.2, 0.25) is 0 Å². The predicted molar refractivity (Wildman–Crippen MR) is 128 cm³/mol. The van der Waals surface area contributed by atoms with Crippen molar-refractivity contribution in [2.45, 2.75) is 51.4 Å². The molecule has 2 N–H and O–H groups in total. The van der Waals surface area contributed by atoms with Crippen molar-refractivity contribution >= 4 is 35.8 Å². The van der Waals surface area contributed by atoms with Crippen LogP contribution in [0.15, 0.2) is 4.99 Å². The van der Waals surface area contributed by atoms with Gasteiger partial charge in [0.25, 0.3) is 0 Å². The Bertz CT molecular complexity index is 465. The fourth-order valence-electron chi connectivity index (χ4n) is 3.64. The molecule has 1 saturated carbocycles. The Morgan fingerprint density at radius 3 is 2.48 bits per heavy atom. The number of likely N-dealkylation sites (N-methyl/N-ethyl adjacent to an activating group) is 1. The molecule has 0 aromatic carbocycles. The molecule has 0 atom stereocenters. The quantitative estimate of drug-likeness (QED) is 0.199. The van der Waals surface area contributed by atoms with Gasteiger partial charge in [-0.05, 0) is 43.9 Å². The summed E-state index contributed by atoms with van der Waals surface area (Å²) in [6.45, 7) is 5.22. The van der Waals surface area contributed by atoms with E-state index in [1.165, 1.54) is 32.1 Å². The molecule has 0 aromatic heterocycles. The maximum Gasteiger partial charge on any atom is 0.243 e. The van der Waals surface area contributed by atoms with Crippen molar-refractivity contribution in [3.8, 4) is 0 Å². The number of guanidine groups is 1. The third-order valence-electron chi connectivity index (χ3n) is 5.61. The number of hydrogen-bond donors (Lipinski definition) is 2. The second-order valence-corrected chi connectivity index (χ2v) is 8.25. The van der Waals surface area contributed by atoms with E-state index >= 15 is 0 Å². The van der Waals surface area contributed by atoms with Crippen molar-refractivity contribution in [3.63, 3.8) is 0 Å². The number of ether oxygens (including phenoxy) is 2. The molecule has 2 aliphatic rings. The molecule has 0 spiro atoms. The molecule has 29 heavy (non-hydrogen) atoms. The second kappa shape index (κ2) is 16.1. The van der Waals surface area contributed by atoms with Crippen molar-refractivity contribution in [2.75, 3.05) is 60.2 Å². The first-order valence-electron chi connectivity index (χ1n) is 11.0. The van der Waals surface area contributed by atoms with Gasteiger partial charge in [-0.2, -0.15) is 0 Å². The third kappa shape index (κ3) is 12.0. The van der Waals surface area contributed by atoms with Gasteiger partial charge in [0.2, 0.25) is 5.91 Å². The van der Waals surface area contributed by atoms with Gasteiger partial charge in [0.15, 0.2) is 5.96 Å². The van der Waals surface area contributed by atoms with Crippen LogP contribution in [-0.4, -0.2) is 76.9 Å². The van der Waals surface area contributed by atoms with Crippen LogP contribution < -0.4 is 10.6 Å². The molecule has 1 amide bonds. The molecule has 2 rings (SSSR count). The first-order valence-corrected chi connectivity index (χ1v) is 11.0. The molecule has 0 aromatic rings. The smallest absolute Gasteiger partial charge is 0.243 e. The summed E-state index contributed by atoms with van der Waals surface area (Å²) in [5.41, 5.74) is 0. The molecule has 8 heteroatoms. The van der Waals surface area contributed by atoms with Crippen LogP contribution in [0.3, 0.4) is 0 Å². The molecule has 0 bridgehead atoms. The van der Waals surface area contributed by atoms with E-state index in [2.05, 4.69) is 15.6 Å². The molecule has 1 heterocycles. The van der Waals surface area contributed by atoms with E-state index in [1.54, 1.807) is 19.0 Å². The summed E-state index contributed by atoms with van der Waals surface area (Å²) in [5, 5.41) is 6.80. The zero-order valence-electron chi connectivity index (χ0n) is 18.3. The van der Waals surface area contributed by atoms with Gasteiger partial charge in [-0.15, -0.1) is 24.0 Å². The van der Waals surface area contributed by atoms with E-state index in [9.17, 15) is 4.79 Å². The molecule has 170 valence electrons. The van der Waals surface area contributed by atoms with Gasteiger partial charge in [0.05, 0.1) is 0 Å². The minimum Gasteiger partial charge on any atom is -0.381 e. The Balaban J connectivity index is 0.00000420. The molecular formula is C21H41IN4O3. The highest BCUT2D eigenvalue weighted by atomic mass is 127. The van der Waals surface area contributed by atoms with Crippen LogP contribution in [0, 0.1) is 11.8 Å². The summed E-state index contributed by atoms with van der Waals surface area (Å²) in [7, 11) is 3.52. The molecule has 0 radical (unpaired) electrons. The highest BCUT2D eigenvalue weighted by Crippen LogP contribution is 2.22. The van der Waals surface area contributed by atoms with Gasteiger partial charge in [0, 0.05) is 53.6 Å². The number of amides is 1. The van der Waals surface area contributed by atoms with Crippen LogP contribution in [0.5, 0.6) is 0 Å². The molecule has 1 aliphatic carbocycles. The first kappa shape index (κ1) is 26.4. The normalized spacial score (nSPS) is 18.8. The second-order valence-electron chi connectivity index (χ2n) is 8.25. The summed E-state index contributed by atoms with van der Waals surface area (Å²) in [5.74, 6) is 2.12. The minimum absolute atomic E-state index is 0. The van der Waals surface area contributed by atoms with Crippen molar-refractivity contribution < 1.29 is 14.3 Å². The van der Waals surface area contributed by atoms with Crippen molar-refractivity contribution in [1.29, 1.82) is 0 Å². The first-order chi connectivity index (χ1) is 13.6. The van der Waals surface area contributed by atoms with Gasteiger partial charge < -0.3 is 25.0 Å². The lowest BCUT2D eigenvalue weighted by Gasteiger charge is -2.23. The maximum atomic E-state index is 11.9. The lowest BCUT2D eigenvalue weighted by atomic mass is 9.89. The highest BCUT2D eigenvalue weighted by Gasteiger charge is 2.15.